The van der Waals surface area contributed by atoms with E-state index in [-0.39, 0.29) is 9.79 Å². The number of benzene rings is 2. The van der Waals surface area contributed by atoms with Gasteiger partial charge in [0.1, 0.15) is 0 Å². The molecule has 6 N–H and O–H groups in total. The zero-order valence-electron chi connectivity index (χ0n) is 18.8. The Balaban J connectivity index is 1.63. The van der Waals surface area contributed by atoms with E-state index in [1.54, 1.807) is 48.0 Å². The second kappa shape index (κ2) is 9.07. The number of guanidine groups is 1. The van der Waals surface area contributed by atoms with Crippen molar-refractivity contribution in [2.24, 2.45) is 26.1 Å². The number of aromatic nitrogens is 1. The highest BCUT2D eigenvalue weighted by atomic mass is 32.2. The molecule has 36 heavy (non-hydrogen) atoms. The minimum absolute atomic E-state index is 0.0789. The van der Waals surface area contributed by atoms with Crippen LogP contribution in [0.25, 0.3) is 11.8 Å². The molecule has 0 bridgehead atoms. The highest BCUT2D eigenvalue weighted by Crippen LogP contribution is 2.27. The van der Waals surface area contributed by atoms with Gasteiger partial charge < -0.3 is 16.0 Å². The number of nitrogens with two attached hydrogens (primary N) is 3. The molecule has 2 aromatic carbocycles. The molecule has 0 spiro atoms. The third-order valence-corrected chi connectivity index (χ3v) is 7.43. The monoisotopic (exact) mass is 527 g/mol. The largest absolute Gasteiger partial charge is 0.369 e. The Bertz CT molecular complexity index is 1650. The molecule has 1 aliphatic rings. The normalized spacial score (nSPS) is 15.3. The first kappa shape index (κ1) is 24.8. The summed E-state index contributed by atoms with van der Waals surface area (Å²) in [4.78, 5) is 12.9. The molecule has 0 fully saturated rings. The Labute approximate surface area is 207 Å². The summed E-state index contributed by atoms with van der Waals surface area (Å²) in [5.74, 6) is -0.964. The molecule has 1 aromatic heterocycles. The molecular weight excluding hydrogens is 506 g/mol. The van der Waals surface area contributed by atoms with Gasteiger partial charge in [0, 0.05) is 17.6 Å². The van der Waals surface area contributed by atoms with Crippen LogP contribution in [0.5, 0.6) is 0 Å². The van der Waals surface area contributed by atoms with Crippen LogP contribution in [0.2, 0.25) is 0 Å². The lowest BCUT2D eigenvalue weighted by atomic mass is 10.1. The summed E-state index contributed by atoms with van der Waals surface area (Å²) in [5, 5.41) is 10.6. The number of nitrogens with zero attached hydrogens (tertiary/aromatic N) is 4. The van der Waals surface area contributed by atoms with Gasteiger partial charge in [-0.3, -0.25) is 4.79 Å². The summed E-state index contributed by atoms with van der Waals surface area (Å²) >= 11 is 0. The van der Waals surface area contributed by atoms with E-state index < -0.39 is 31.9 Å². The molecule has 2 heterocycles. The maximum atomic E-state index is 13.1. The van der Waals surface area contributed by atoms with Gasteiger partial charge in [-0.15, -0.1) is 4.40 Å². The zero-order valence-corrected chi connectivity index (χ0v) is 20.4. The van der Waals surface area contributed by atoms with Gasteiger partial charge in [0.25, 0.3) is 15.9 Å². The van der Waals surface area contributed by atoms with Crippen LogP contribution < -0.4 is 21.6 Å². The van der Waals surface area contributed by atoms with Gasteiger partial charge in [-0.2, -0.15) is 18.5 Å². The number of carbonyl (C=O) groups is 1. The Morgan fingerprint density at radius 3 is 2.08 bits per heavy atom. The Hall–Kier alpha value is -4.27. The van der Waals surface area contributed by atoms with E-state index in [1.807, 2.05) is 0 Å². The van der Waals surface area contributed by atoms with Crippen molar-refractivity contribution in [2.45, 2.75) is 16.7 Å². The molecule has 3 aromatic rings. The number of anilines is 1. The van der Waals surface area contributed by atoms with Gasteiger partial charge in [-0.25, -0.2) is 13.6 Å². The third kappa shape index (κ3) is 4.91. The Morgan fingerprint density at radius 2 is 1.50 bits per heavy atom. The van der Waals surface area contributed by atoms with Crippen molar-refractivity contribution in [3.8, 4) is 5.69 Å². The van der Waals surface area contributed by atoms with Crippen molar-refractivity contribution < 1.29 is 21.6 Å². The van der Waals surface area contributed by atoms with E-state index in [2.05, 4.69) is 9.50 Å². The average Bonchev–Trinajstić information content (AvgIpc) is 3.38. The number of hydrogen-bond acceptors (Lipinski definition) is 6. The topological polar surface area (TPSA) is 196 Å². The number of hydrazone groups is 1. The molecule has 1 aliphatic heterocycles. The zero-order chi connectivity index (χ0) is 26.3. The van der Waals surface area contributed by atoms with Crippen molar-refractivity contribution in [3.05, 3.63) is 78.1 Å². The quantitative estimate of drug-likeness (QED) is 0.240. The number of sulfonamides is 2. The predicted octanol–water partition coefficient (Wildman–Crippen LogP) is 0.893. The number of amides is 1. The maximum Gasteiger partial charge on any atom is 0.285 e. The minimum Gasteiger partial charge on any atom is -0.369 e. The summed E-state index contributed by atoms with van der Waals surface area (Å²) in [5.41, 5.74) is 12.8. The maximum absolute atomic E-state index is 13.1. The SMILES string of the molecule is CC1=NN(c2ccc(S(N)(=O)=O)cc2)C(=O)/C1=C\c1cccn1-c1ccc(S(=O)(=O)N=C(N)N)cc1. The second-order valence-corrected chi connectivity index (χ2v) is 10.9. The summed E-state index contributed by atoms with van der Waals surface area (Å²) in [6.45, 7) is 1.68. The standard InChI is InChI=1S/C22H21N7O5S2/c1-14-20(21(30)29(26-14)16-6-8-18(9-7-16)35(25,31)32)13-17-3-2-12-28(17)15-4-10-19(11-5-15)36(33,34)27-22(23)24/h2-13H,1H3,(H4,23,24,27)(H2,25,31,32)/b20-13-. The average molecular weight is 528 g/mol. The Kier molecular flexibility index (Phi) is 6.26. The van der Waals surface area contributed by atoms with E-state index in [0.717, 1.165) is 0 Å². The first-order valence-electron chi connectivity index (χ1n) is 10.2. The molecule has 0 saturated carbocycles. The lowest BCUT2D eigenvalue weighted by Gasteiger charge is -2.12. The summed E-state index contributed by atoms with van der Waals surface area (Å²) in [6, 6.07) is 14.9. The van der Waals surface area contributed by atoms with Gasteiger partial charge in [-0.05, 0) is 73.7 Å². The van der Waals surface area contributed by atoms with Crippen molar-refractivity contribution in [1.29, 1.82) is 0 Å². The van der Waals surface area contributed by atoms with Crippen LogP contribution in [-0.4, -0.2) is 39.0 Å². The van der Waals surface area contributed by atoms with E-state index in [9.17, 15) is 21.6 Å². The summed E-state index contributed by atoms with van der Waals surface area (Å²) < 4.78 is 52.3. The molecule has 186 valence electrons. The van der Waals surface area contributed by atoms with Crippen LogP contribution in [0.15, 0.2) is 91.7 Å². The van der Waals surface area contributed by atoms with Gasteiger partial charge >= 0.3 is 0 Å². The van der Waals surface area contributed by atoms with Crippen LogP contribution >= 0.6 is 0 Å². The summed E-state index contributed by atoms with van der Waals surface area (Å²) in [7, 11) is -7.89. The van der Waals surface area contributed by atoms with Crippen LogP contribution in [0.1, 0.15) is 12.6 Å². The first-order valence-corrected chi connectivity index (χ1v) is 13.2. The fraction of sp³-hybridized carbons (Fsp3) is 0.0455. The third-order valence-electron chi connectivity index (χ3n) is 5.18. The van der Waals surface area contributed by atoms with Crippen LogP contribution in [-0.2, 0) is 24.8 Å². The highest BCUT2D eigenvalue weighted by Gasteiger charge is 2.29. The lowest BCUT2D eigenvalue weighted by Crippen LogP contribution is -2.24. The molecule has 4 rings (SSSR count). The number of carbonyl (C=O) groups excluding carboxylic acids is 1. The van der Waals surface area contributed by atoms with Crippen LogP contribution in [0.4, 0.5) is 5.69 Å². The highest BCUT2D eigenvalue weighted by molar-refractivity contribution is 7.90. The van der Waals surface area contributed by atoms with Crippen LogP contribution in [0.3, 0.4) is 0 Å². The fourth-order valence-electron chi connectivity index (χ4n) is 3.50. The van der Waals surface area contributed by atoms with Gasteiger partial charge in [0.05, 0.1) is 26.8 Å². The molecule has 12 nitrogen and oxygen atoms in total. The van der Waals surface area contributed by atoms with Crippen molar-refractivity contribution >= 4 is 49.4 Å². The van der Waals surface area contributed by atoms with Gasteiger partial charge in [0.15, 0.2) is 0 Å². The van der Waals surface area contributed by atoms with Gasteiger partial charge in [0.2, 0.25) is 16.0 Å². The molecule has 0 unspecified atom stereocenters. The second-order valence-electron chi connectivity index (χ2n) is 7.69. The van der Waals surface area contributed by atoms with Gasteiger partial charge in [-0.1, -0.05) is 0 Å². The number of rotatable bonds is 6. The number of primary sulfonamides is 1. The van der Waals surface area contributed by atoms with Crippen molar-refractivity contribution in [2.75, 3.05) is 5.01 Å². The van der Waals surface area contributed by atoms with E-state index in [1.165, 1.54) is 41.4 Å². The van der Waals surface area contributed by atoms with E-state index >= 15 is 0 Å². The Morgan fingerprint density at radius 1 is 0.917 bits per heavy atom. The molecule has 14 heteroatoms. The van der Waals surface area contributed by atoms with Crippen molar-refractivity contribution in [1.82, 2.24) is 4.57 Å². The predicted molar refractivity (Wildman–Crippen MR) is 135 cm³/mol. The minimum atomic E-state index is -4.02. The summed E-state index contributed by atoms with van der Waals surface area (Å²) in [6.07, 6.45) is 3.41. The van der Waals surface area contributed by atoms with Crippen LogP contribution in [0, 0.1) is 0 Å². The van der Waals surface area contributed by atoms with E-state index in [0.29, 0.717) is 28.4 Å². The molecule has 0 saturated heterocycles. The van der Waals surface area contributed by atoms with E-state index in [4.69, 9.17) is 16.6 Å². The van der Waals surface area contributed by atoms with Crippen molar-refractivity contribution in [3.63, 3.8) is 0 Å². The molecule has 0 radical (unpaired) electrons. The number of hydrogen-bond donors (Lipinski definition) is 3. The molecule has 0 atom stereocenters. The fourth-order valence-corrected chi connectivity index (χ4v) is 4.88. The smallest absolute Gasteiger partial charge is 0.285 e. The lowest BCUT2D eigenvalue weighted by molar-refractivity contribution is -0.114. The molecule has 0 aliphatic carbocycles. The first-order chi connectivity index (χ1) is 16.9. The molecule has 1 amide bonds. The molecular formula is C22H21N7O5S2.